The van der Waals surface area contributed by atoms with Crippen molar-refractivity contribution < 1.29 is 0 Å². The minimum absolute atomic E-state index is 0.0148. The molecule has 6 nitrogen and oxygen atoms in total. The first-order valence-corrected chi connectivity index (χ1v) is 9.38. The van der Waals surface area contributed by atoms with Gasteiger partial charge < -0.3 is 0 Å². The number of aromatic amines is 1. The number of pyridine rings is 1. The van der Waals surface area contributed by atoms with Gasteiger partial charge in [0.15, 0.2) is 5.16 Å². The number of nitrogens with one attached hydrogen (secondary N) is 1. The summed E-state index contributed by atoms with van der Waals surface area (Å²) in [6, 6.07) is 2.13. The molecular formula is C17H19N5OS. The molecule has 0 atom stereocenters. The van der Waals surface area contributed by atoms with E-state index in [9.17, 15) is 4.79 Å². The van der Waals surface area contributed by atoms with Crippen molar-refractivity contribution in [1.82, 2.24) is 24.7 Å². The SMILES string of the molecule is CSc1nc(C)c2cc(-c3cn[nH]c3)c(=O)n(C3CCCC3)c2n1. The Morgan fingerprint density at radius 2 is 2.08 bits per heavy atom. The molecule has 1 fully saturated rings. The lowest BCUT2D eigenvalue weighted by atomic mass is 10.1. The summed E-state index contributed by atoms with van der Waals surface area (Å²) in [5.41, 5.74) is 3.14. The Hall–Kier alpha value is -2.15. The van der Waals surface area contributed by atoms with Crippen LogP contribution in [0.15, 0.2) is 28.4 Å². The first-order valence-electron chi connectivity index (χ1n) is 8.16. The van der Waals surface area contributed by atoms with Crippen LogP contribution in [0.25, 0.3) is 22.2 Å². The molecule has 4 rings (SSSR count). The van der Waals surface area contributed by atoms with Gasteiger partial charge in [0.1, 0.15) is 5.65 Å². The van der Waals surface area contributed by atoms with E-state index in [1.165, 1.54) is 11.8 Å². The number of H-pyrrole nitrogens is 1. The van der Waals surface area contributed by atoms with Crippen LogP contribution >= 0.6 is 11.8 Å². The van der Waals surface area contributed by atoms with Crippen LogP contribution < -0.4 is 5.56 Å². The van der Waals surface area contributed by atoms with E-state index in [0.717, 1.165) is 48.0 Å². The third kappa shape index (κ3) is 2.43. The number of nitrogens with zero attached hydrogens (tertiary/aromatic N) is 4. The molecule has 0 unspecified atom stereocenters. The standard InChI is InChI=1S/C17H19N5OS/c1-10-13-7-14(11-8-18-19-9-11)16(23)22(12-5-3-4-6-12)15(13)21-17(20-10)24-2/h7-9,12H,3-6H2,1-2H3,(H,18,19). The molecule has 1 aliphatic rings. The van der Waals surface area contributed by atoms with Gasteiger partial charge in [-0.3, -0.25) is 14.5 Å². The normalized spacial score (nSPS) is 15.4. The monoisotopic (exact) mass is 341 g/mol. The van der Waals surface area contributed by atoms with E-state index in [0.29, 0.717) is 10.7 Å². The quantitative estimate of drug-likeness (QED) is 0.584. The Balaban J connectivity index is 2.08. The maximum Gasteiger partial charge on any atom is 0.260 e. The van der Waals surface area contributed by atoms with Crippen LogP contribution in [-0.4, -0.2) is 31.0 Å². The topological polar surface area (TPSA) is 76.5 Å². The summed E-state index contributed by atoms with van der Waals surface area (Å²) in [7, 11) is 0. The average Bonchev–Trinajstić information content (AvgIpc) is 3.27. The van der Waals surface area contributed by atoms with E-state index in [1.54, 1.807) is 12.4 Å². The van der Waals surface area contributed by atoms with E-state index < -0.39 is 0 Å². The third-order valence-corrected chi connectivity index (χ3v) is 5.29. The molecule has 3 aromatic heterocycles. The van der Waals surface area contributed by atoms with Crippen LogP contribution in [0.5, 0.6) is 0 Å². The second-order valence-electron chi connectivity index (χ2n) is 6.19. The summed E-state index contributed by atoms with van der Waals surface area (Å²) >= 11 is 1.50. The van der Waals surface area contributed by atoms with Gasteiger partial charge in [-0.2, -0.15) is 5.10 Å². The fourth-order valence-corrected chi connectivity index (χ4v) is 3.93. The molecular weight excluding hydrogens is 322 g/mol. The molecule has 0 spiro atoms. The first-order chi connectivity index (χ1) is 11.7. The fraction of sp³-hybridized carbons (Fsp3) is 0.412. The van der Waals surface area contributed by atoms with Gasteiger partial charge in [-0.05, 0) is 32.1 Å². The minimum atomic E-state index is 0.0148. The lowest BCUT2D eigenvalue weighted by molar-refractivity contribution is 0.515. The maximum absolute atomic E-state index is 13.2. The van der Waals surface area contributed by atoms with Crippen LogP contribution in [0.1, 0.15) is 37.4 Å². The number of hydrogen-bond acceptors (Lipinski definition) is 5. The third-order valence-electron chi connectivity index (χ3n) is 4.74. The molecule has 7 heteroatoms. The zero-order chi connectivity index (χ0) is 16.7. The predicted molar refractivity (Wildman–Crippen MR) is 95.4 cm³/mol. The van der Waals surface area contributed by atoms with Crippen LogP contribution in [0.2, 0.25) is 0 Å². The summed E-state index contributed by atoms with van der Waals surface area (Å²) in [6.07, 6.45) is 9.78. The van der Waals surface area contributed by atoms with Crippen molar-refractivity contribution >= 4 is 22.8 Å². The van der Waals surface area contributed by atoms with Crippen molar-refractivity contribution in [2.75, 3.05) is 6.26 Å². The van der Waals surface area contributed by atoms with E-state index in [1.807, 2.05) is 23.8 Å². The Morgan fingerprint density at radius 1 is 1.29 bits per heavy atom. The molecule has 0 aromatic carbocycles. The van der Waals surface area contributed by atoms with Gasteiger partial charge in [0.2, 0.25) is 0 Å². The van der Waals surface area contributed by atoms with Crippen molar-refractivity contribution in [2.24, 2.45) is 0 Å². The lowest BCUT2D eigenvalue weighted by Crippen LogP contribution is -2.26. The predicted octanol–water partition coefficient (Wildman–Crippen LogP) is 3.33. The molecule has 0 amide bonds. The van der Waals surface area contributed by atoms with E-state index in [-0.39, 0.29) is 11.6 Å². The number of aryl methyl sites for hydroxylation is 1. The summed E-state index contributed by atoms with van der Waals surface area (Å²) in [5.74, 6) is 0. The molecule has 0 saturated heterocycles. The minimum Gasteiger partial charge on any atom is -0.289 e. The highest BCUT2D eigenvalue weighted by atomic mass is 32.2. The van der Waals surface area contributed by atoms with Gasteiger partial charge in [-0.15, -0.1) is 0 Å². The van der Waals surface area contributed by atoms with Crippen molar-refractivity contribution in [3.8, 4) is 11.1 Å². The molecule has 0 aliphatic heterocycles. The molecule has 3 aromatic rings. The summed E-state index contributed by atoms with van der Waals surface area (Å²) in [5, 5.41) is 8.43. The Bertz CT molecular complexity index is 942. The van der Waals surface area contributed by atoms with Crippen LogP contribution in [0.4, 0.5) is 0 Å². The van der Waals surface area contributed by atoms with E-state index >= 15 is 0 Å². The second-order valence-corrected chi connectivity index (χ2v) is 6.96. The summed E-state index contributed by atoms with van der Waals surface area (Å²) < 4.78 is 1.90. The van der Waals surface area contributed by atoms with Crippen molar-refractivity contribution in [3.05, 3.63) is 34.5 Å². The van der Waals surface area contributed by atoms with Crippen molar-refractivity contribution in [3.63, 3.8) is 0 Å². The molecule has 1 N–H and O–H groups in total. The van der Waals surface area contributed by atoms with Crippen LogP contribution in [0.3, 0.4) is 0 Å². The number of aromatic nitrogens is 5. The Labute approximate surface area is 143 Å². The molecule has 24 heavy (non-hydrogen) atoms. The van der Waals surface area contributed by atoms with Gasteiger partial charge in [-0.25, -0.2) is 9.97 Å². The van der Waals surface area contributed by atoms with Gasteiger partial charge in [0.05, 0.1) is 17.5 Å². The van der Waals surface area contributed by atoms with E-state index in [2.05, 4.69) is 20.2 Å². The fourth-order valence-electron chi connectivity index (χ4n) is 3.52. The molecule has 124 valence electrons. The first kappa shape index (κ1) is 15.4. The zero-order valence-electron chi connectivity index (χ0n) is 13.7. The van der Waals surface area contributed by atoms with Crippen LogP contribution in [0, 0.1) is 6.92 Å². The molecule has 3 heterocycles. The molecule has 1 saturated carbocycles. The van der Waals surface area contributed by atoms with Gasteiger partial charge in [0.25, 0.3) is 5.56 Å². The van der Waals surface area contributed by atoms with Crippen LogP contribution in [-0.2, 0) is 0 Å². The second kappa shape index (κ2) is 6.05. The highest BCUT2D eigenvalue weighted by Gasteiger charge is 2.24. The Morgan fingerprint density at radius 3 is 2.75 bits per heavy atom. The number of fused-ring (bicyclic) bond motifs is 1. The van der Waals surface area contributed by atoms with Crippen molar-refractivity contribution in [2.45, 2.75) is 43.8 Å². The summed E-state index contributed by atoms with van der Waals surface area (Å²) in [6.45, 7) is 1.98. The number of rotatable bonds is 3. The number of thioether (sulfide) groups is 1. The lowest BCUT2D eigenvalue weighted by Gasteiger charge is -2.18. The Kier molecular flexibility index (Phi) is 3.88. The van der Waals surface area contributed by atoms with Crippen molar-refractivity contribution in [1.29, 1.82) is 0 Å². The highest BCUT2D eigenvalue weighted by Crippen LogP contribution is 2.32. The average molecular weight is 341 g/mol. The number of hydrogen-bond donors (Lipinski definition) is 1. The largest absolute Gasteiger partial charge is 0.289 e. The summed E-state index contributed by atoms with van der Waals surface area (Å²) in [4.78, 5) is 22.5. The smallest absolute Gasteiger partial charge is 0.260 e. The molecule has 1 aliphatic carbocycles. The molecule has 0 radical (unpaired) electrons. The van der Waals surface area contributed by atoms with Gasteiger partial charge in [-0.1, -0.05) is 24.6 Å². The van der Waals surface area contributed by atoms with E-state index in [4.69, 9.17) is 0 Å². The van der Waals surface area contributed by atoms with Gasteiger partial charge in [0, 0.05) is 23.2 Å². The zero-order valence-corrected chi connectivity index (χ0v) is 14.6. The maximum atomic E-state index is 13.2. The molecule has 0 bridgehead atoms. The van der Waals surface area contributed by atoms with Gasteiger partial charge >= 0.3 is 0 Å². The highest BCUT2D eigenvalue weighted by molar-refractivity contribution is 7.98.